The van der Waals surface area contributed by atoms with Gasteiger partial charge in [0.15, 0.2) is 0 Å². The highest BCUT2D eigenvalue weighted by Crippen LogP contribution is 2.22. The normalized spacial score (nSPS) is 13.0. The highest BCUT2D eigenvalue weighted by atomic mass is 16.1. The SMILES string of the molecule is O=CNCCCNC(=O)c1ccc(N2CCc3ccccc3C2)nc1. The smallest absolute Gasteiger partial charge is 0.252 e. The number of pyridine rings is 1. The molecule has 6 heteroatoms. The van der Waals surface area contributed by atoms with Gasteiger partial charge in [0, 0.05) is 32.4 Å². The molecule has 1 aromatic heterocycles. The van der Waals surface area contributed by atoms with Crippen molar-refractivity contribution in [2.75, 3.05) is 24.5 Å². The molecule has 1 aromatic carbocycles. The van der Waals surface area contributed by atoms with Crippen molar-refractivity contribution in [3.8, 4) is 0 Å². The number of benzene rings is 1. The van der Waals surface area contributed by atoms with Crippen molar-refractivity contribution in [3.05, 3.63) is 59.3 Å². The Labute approximate surface area is 147 Å². The third-order valence-electron chi connectivity index (χ3n) is 4.33. The number of amides is 2. The van der Waals surface area contributed by atoms with E-state index in [-0.39, 0.29) is 5.91 Å². The van der Waals surface area contributed by atoms with Crippen LogP contribution in [-0.2, 0) is 17.8 Å². The standard InChI is InChI=1S/C19H22N4O2/c24-14-20-9-3-10-21-19(25)16-6-7-18(22-12-16)23-11-8-15-4-1-2-5-17(15)13-23/h1-2,4-7,12,14H,3,8-11,13H2,(H,20,24)(H,21,25). The molecule has 0 saturated carbocycles. The molecule has 3 rings (SSSR count). The Balaban J connectivity index is 1.55. The molecule has 0 spiro atoms. The molecule has 0 bridgehead atoms. The number of fused-ring (bicyclic) bond motifs is 1. The average molecular weight is 338 g/mol. The Morgan fingerprint density at radius 3 is 2.76 bits per heavy atom. The van der Waals surface area contributed by atoms with Gasteiger partial charge in [-0.15, -0.1) is 0 Å². The lowest BCUT2D eigenvalue weighted by molar-refractivity contribution is -0.109. The molecule has 130 valence electrons. The fraction of sp³-hybridized carbons (Fsp3) is 0.316. The van der Waals surface area contributed by atoms with Crippen molar-refractivity contribution in [2.45, 2.75) is 19.4 Å². The number of carbonyl (C=O) groups excluding carboxylic acids is 2. The van der Waals surface area contributed by atoms with Gasteiger partial charge in [-0.05, 0) is 36.1 Å². The van der Waals surface area contributed by atoms with Crippen molar-refractivity contribution < 1.29 is 9.59 Å². The van der Waals surface area contributed by atoms with Gasteiger partial charge in [0.25, 0.3) is 5.91 Å². The number of anilines is 1. The van der Waals surface area contributed by atoms with Crippen LogP contribution in [0.15, 0.2) is 42.6 Å². The van der Waals surface area contributed by atoms with E-state index in [4.69, 9.17) is 0 Å². The van der Waals surface area contributed by atoms with Gasteiger partial charge in [0.1, 0.15) is 5.82 Å². The van der Waals surface area contributed by atoms with Crippen LogP contribution in [0.5, 0.6) is 0 Å². The minimum atomic E-state index is -0.144. The van der Waals surface area contributed by atoms with Crippen LogP contribution in [0.4, 0.5) is 5.82 Å². The molecule has 0 atom stereocenters. The van der Waals surface area contributed by atoms with Crippen molar-refractivity contribution in [2.24, 2.45) is 0 Å². The summed E-state index contributed by atoms with van der Waals surface area (Å²) in [4.78, 5) is 28.9. The van der Waals surface area contributed by atoms with Gasteiger partial charge in [-0.25, -0.2) is 4.98 Å². The number of hydrogen-bond acceptors (Lipinski definition) is 4. The maximum atomic E-state index is 12.1. The zero-order chi connectivity index (χ0) is 17.5. The van der Waals surface area contributed by atoms with E-state index in [0.29, 0.717) is 31.5 Å². The Morgan fingerprint density at radius 2 is 2.00 bits per heavy atom. The number of carbonyl (C=O) groups is 2. The zero-order valence-corrected chi connectivity index (χ0v) is 14.1. The number of aromatic nitrogens is 1. The molecule has 0 saturated heterocycles. The van der Waals surface area contributed by atoms with Crippen LogP contribution in [0.25, 0.3) is 0 Å². The van der Waals surface area contributed by atoms with Crippen molar-refractivity contribution in [1.82, 2.24) is 15.6 Å². The van der Waals surface area contributed by atoms with E-state index in [1.165, 1.54) is 11.1 Å². The van der Waals surface area contributed by atoms with Gasteiger partial charge in [-0.1, -0.05) is 24.3 Å². The summed E-state index contributed by atoms with van der Waals surface area (Å²) in [5.74, 6) is 0.746. The van der Waals surface area contributed by atoms with E-state index < -0.39 is 0 Å². The van der Waals surface area contributed by atoms with Gasteiger partial charge < -0.3 is 15.5 Å². The Morgan fingerprint density at radius 1 is 1.16 bits per heavy atom. The largest absolute Gasteiger partial charge is 0.359 e. The van der Waals surface area contributed by atoms with E-state index in [0.717, 1.165) is 25.3 Å². The quantitative estimate of drug-likeness (QED) is 0.593. The minimum absolute atomic E-state index is 0.144. The molecule has 2 amide bonds. The van der Waals surface area contributed by atoms with Crippen LogP contribution < -0.4 is 15.5 Å². The second-order valence-electron chi connectivity index (χ2n) is 6.03. The van der Waals surface area contributed by atoms with Crippen LogP contribution in [0.2, 0.25) is 0 Å². The number of hydrogen-bond donors (Lipinski definition) is 2. The van der Waals surface area contributed by atoms with Gasteiger partial charge in [-0.2, -0.15) is 0 Å². The summed E-state index contributed by atoms with van der Waals surface area (Å²) < 4.78 is 0. The minimum Gasteiger partial charge on any atom is -0.359 e. The van der Waals surface area contributed by atoms with Crippen LogP contribution in [0.3, 0.4) is 0 Å². The molecule has 6 nitrogen and oxygen atoms in total. The number of nitrogens with one attached hydrogen (secondary N) is 2. The predicted molar refractivity (Wildman–Crippen MR) is 96.4 cm³/mol. The Hall–Kier alpha value is -2.89. The molecule has 1 aliphatic rings. The highest BCUT2D eigenvalue weighted by Gasteiger charge is 2.17. The predicted octanol–water partition coefficient (Wildman–Crippen LogP) is 1.51. The molecule has 2 heterocycles. The van der Waals surface area contributed by atoms with Crippen LogP contribution >= 0.6 is 0 Å². The zero-order valence-electron chi connectivity index (χ0n) is 14.1. The maximum Gasteiger partial charge on any atom is 0.252 e. The Kier molecular flexibility index (Phi) is 5.61. The molecule has 0 fully saturated rings. The fourth-order valence-corrected chi connectivity index (χ4v) is 2.95. The second-order valence-corrected chi connectivity index (χ2v) is 6.03. The van der Waals surface area contributed by atoms with Gasteiger partial charge in [0.05, 0.1) is 5.56 Å². The summed E-state index contributed by atoms with van der Waals surface area (Å²) in [5.41, 5.74) is 3.28. The third-order valence-corrected chi connectivity index (χ3v) is 4.33. The first-order chi connectivity index (χ1) is 12.3. The molecule has 0 radical (unpaired) electrons. The number of nitrogens with zero attached hydrogens (tertiary/aromatic N) is 2. The van der Waals surface area contributed by atoms with Gasteiger partial charge in [0.2, 0.25) is 6.41 Å². The summed E-state index contributed by atoms with van der Waals surface area (Å²) in [6, 6.07) is 12.2. The summed E-state index contributed by atoms with van der Waals surface area (Å²) in [6.45, 7) is 2.85. The van der Waals surface area contributed by atoms with Crippen molar-refractivity contribution in [1.29, 1.82) is 0 Å². The molecule has 25 heavy (non-hydrogen) atoms. The van der Waals surface area contributed by atoms with Gasteiger partial charge >= 0.3 is 0 Å². The van der Waals surface area contributed by atoms with E-state index in [1.54, 1.807) is 6.20 Å². The summed E-state index contributed by atoms with van der Waals surface area (Å²) in [7, 11) is 0. The molecule has 2 N–H and O–H groups in total. The first-order valence-corrected chi connectivity index (χ1v) is 8.51. The topological polar surface area (TPSA) is 74.3 Å². The fourth-order valence-electron chi connectivity index (χ4n) is 2.95. The molecule has 0 unspecified atom stereocenters. The maximum absolute atomic E-state index is 12.1. The van der Waals surface area contributed by atoms with Crippen LogP contribution in [0.1, 0.15) is 27.9 Å². The van der Waals surface area contributed by atoms with E-state index in [9.17, 15) is 9.59 Å². The van der Waals surface area contributed by atoms with Crippen molar-refractivity contribution >= 4 is 18.1 Å². The average Bonchev–Trinajstić information content (AvgIpc) is 2.67. The van der Waals surface area contributed by atoms with Crippen LogP contribution in [0, 0.1) is 0 Å². The van der Waals surface area contributed by atoms with Crippen LogP contribution in [-0.4, -0.2) is 36.9 Å². The first kappa shape index (κ1) is 17.0. The third kappa shape index (κ3) is 4.35. The molecule has 2 aromatic rings. The number of rotatable bonds is 7. The summed E-state index contributed by atoms with van der Waals surface area (Å²) in [6.07, 6.45) is 3.98. The molecular weight excluding hydrogens is 316 g/mol. The van der Waals surface area contributed by atoms with E-state index in [1.807, 2.05) is 12.1 Å². The lowest BCUT2D eigenvalue weighted by atomic mass is 10.00. The van der Waals surface area contributed by atoms with E-state index in [2.05, 4.69) is 44.8 Å². The highest BCUT2D eigenvalue weighted by molar-refractivity contribution is 5.94. The lowest BCUT2D eigenvalue weighted by Gasteiger charge is -2.29. The van der Waals surface area contributed by atoms with E-state index >= 15 is 0 Å². The molecule has 1 aliphatic heterocycles. The summed E-state index contributed by atoms with van der Waals surface area (Å²) >= 11 is 0. The van der Waals surface area contributed by atoms with Gasteiger partial charge in [-0.3, -0.25) is 9.59 Å². The molecule has 0 aliphatic carbocycles. The Bertz CT molecular complexity index is 730. The molecular formula is C19H22N4O2. The van der Waals surface area contributed by atoms with Crippen molar-refractivity contribution in [3.63, 3.8) is 0 Å². The second kappa shape index (κ2) is 8.28. The lowest BCUT2D eigenvalue weighted by Crippen LogP contribution is -2.31. The summed E-state index contributed by atoms with van der Waals surface area (Å²) in [5, 5.41) is 5.38. The first-order valence-electron chi connectivity index (χ1n) is 8.51. The monoisotopic (exact) mass is 338 g/mol.